The van der Waals surface area contributed by atoms with E-state index in [-0.39, 0.29) is 5.91 Å². The number of fused-ring (bicyclic) bond motifs is 1. The van der Waals surface area contributed by atoms with Gasteiger partial charge in [-0.1, -0.05) is 25.0 Å². The largest absolute Gasteiger partial charge is 0.397 e. The number of thiophene rings is 1. The van der Waals surface area contributed by atoms with E-state index in [0.717, 1.165) is 16.6 Å². The average molecular weight is 302 g/mol. The van der Waals surface area contributed by atoms with E-state index in [9.17, 15) is 4.79 Å². The maximum Gasteiger partial charge on any atom is 0.263 e. The molecule has 1 aromatic carbocycles. The summed E-state index contributed by atoms with van der Waals surface area (Å²) in [5.74, 6) is -0.0197. The summed E-state index contributed by atoms with van der Waals surface area (Å²) >= 11 is 1.49. The number of anilines is 1. The number of nitrogens with one attached hydrogen (secondary N) is 1. The molecule has 0 aliphatic heterocycles. The zero-order valence-corrected chi connectivity index (χ0v) is 13.5. The van der Waals surface area contributed by atoms with E-state index in [1.165, 1.54) is 42.6 Å². The maximum atomic E-state index is 12.4. The maximum absolute atomic E-state index is 12.4. The zero-order valence-electron chi connectivity index (χ0n) is 12.7. The lowest BCUT2D eigenvalue weighted by Crippen LogP contribution is -2.30. The van der Waals surface area contributed by atoms with Gasteiger partial charge in [-0.25, -0.2) is 0 Å². The molecule has 1 heterocycles. The Balaban J connectivity index is 1.77. The van der Waals surface area contributed by atoms with E-state index in [1.54, 1.807) is 0 Å². The molecule has 0 bridgehead atoms. The number of benzene rings is 1. The van der Waals surface area contributed by atoms with Crippen molar-refractivity contribution in [1.82, 2.24) is 5.32 Å². The van der Waals surface area contributed by atoms with Gasteiger partial charge in [-0.05, 0) is 43.7 Å². The van der Waals surface area contributed by atoms with E-state index in [0.29, 0.717) is 16.0 Å². The van der Waals surface area contributed by atoms with Crippen LogP contribution in [0.3, 0.4) is 0 Å². The van der Waals surface area contributed by atoms with Gasteiger partial charge >= 0.3 is 0 Å². The molecule has 0 saturated heterocycles. The summed E-state index contributed by atoms with van der Waals surface area (Å²) in [6.45, 7) is 5.03. The molecule has 112 valence electrons. The number of carbonyl (C=O) groups excluding carboxylic acids is 1. The molecule has 21 heavy (non-hydrogen) atoms. The van der Waals surface area contributed by atoms with E-state index in [2.05, 4.69) is 24.4 Å². The van der Waals surface area contributed by atoms with Gasteiger partial charge in [0, 0.05) is 16.6 Å². The monoisotopic (exact) mass is 302 g/mol. The van der Waals surface area contributed by atoms with Gasteiger partial charge < -0.3 is 11.1 Å². The third-order valence-corrected chi connectivity index (χ3v) is 5.63. The molecule has 1 aliphatic carbocycles. The number of hydrogen-bond acceptors (Lipinski definition) is 3. The summed E-state index contributed by atoms with van der Waals surface area (Å²) in [5, 5.41) is 4.09. The molecule has 3 nitrogen and oxygen atoms in total. The summed E-state index contributed by atoms with van der Waals surface area (Å²) in [6.07, 6.45) is 4.86. The minimum absolute atomic E-state index is 0.0197. The molecule has 3 N–H and O–H groups in total. The zero-order chi connectivity index (χ0) is 15.0. The molecule has 0 atom stereocenters. The van der Waals surface area contributed by atoms with Crippen LogP contribution in [0.2, 0.25) is 0 Å². The van der Waals surface area contributed by atoms with Gasteiger partial charge in [0.15, 0.2) is 0 Å². The minimum Gasteiger partial charge on any atom is -0.397 e. The van der Waals surface area contributed by atoms with Crippen molar-refractivity contribution in [1.29, 1.82) is 0 Å². The van der Waals surface area contributed by atoms with Crippen LogP contribution in [0, 0.1) is 12.3 Å². The molecular weight excluding hydrogens is 280 g/mol. The Morgan fingerprint density at radius 2 is 2.19 bits per heavy atom. The molecule has 1 aromatic heterocycles. The van der Waals surface area contributed by atoms with Gasteiger partial charge in [-0.15, -0.1) is 11.3 Å². The van der Waals surface area contributed by atoms with Crippen molar-refractivity contribution in [2.45, 2.75) is 39.5 Å². The van der Waals surface area contributed by atoms with Gasteiger partial charge in [0.2, 0.25) is 0 Å². The van der Waals surface area contributed by atoms with Crippen LogP contribution in [-0.2, 0) is 0 Å². The normalized spacial score (nSPS) is 16.1. The fourth-order valence-electron chi connectivity index (χ4n) is 2.97. The topological polar surface area (TPSA) is 55.1 Å². The molecule has 2 aromatic rings. The van der Waals surface area contributed by atoms with E-state index >= 15 is 0 Å². The van der Waals surface area contributed by atoms with Crippen molar-refractivity contribution < 1.29 is 4.79 Å². The lowest BCUT2D eigenvalue weighted by atomic mass is 10.0. The summed E-state index contributed by atoms with van der Waals surface area (Å²) in [4.78, 5) is 13.1. The van der Waals surface area contributed by atoms with Crippen molar-refractivity contribution in [3.05, 3.63) is 28.6 Å². The van der Waals surface area contributed by atoms with Crippen molar-refractivity contribution in [2.24, 2.45) is 5.41 Å². The van der Waals surface area contributed by atoms with E-state index in [4.69, 9.17) is 5.73 Å². The van der Waals surface area contributed by atoms with Crippen LogP contribution in [0.5, 0.6) is 0 Å². The SMILES string of the molecule is CCCC1(CNC(=O)c2sc3ccc(C)cc3c2N)CC1. The summed E-state index contributed by atoms with van der Waals surface area (Å²) in [5.41, 5.74) is 8.33. The van der Waals surface area contributed by atoms with Crippen LogP contribution < -0.4 is 11.1 Å². The Morgan fingerprint density at radius 1 is 1.43 bits per heavy atom. The highest BCUT2D eigenvalue weighted by Crippen LogP contribution is 2.49. The van der Waals surface area contributed by atoms with Crippen molar-refractivity contribution >= 4 is 33.0 Å². The fourth-order valence-corrected chi connectivity index (χ4v) is 3.99. The molecule has 1 fully saturated rings. The third kappa shape index (κ3) is 2.77. The quantitative estimate of drug-likeness (QED) is 0.873. The van der Waals surface area contributed by atoms with Crippen LogP contribution in [-0.4, -0.2) is 12.5 Å². The van der Waals surface area contributed by atoms with Crippen LogP contribution in [0.25, 0.3) is 10.1 Å². The first-order valence-corrected chi connectivity index (χ1v) is 8.43. The number of rotatable bonds is 5. The number of carbonyl (C=O) groups is 1. The first-order chi connectivity index (χ1) is 10.0. The van der Waals surface area contributed by atoms with Crippen LogP contribution >= 0.6 is 11.3 Å². The molecule has 4 heteroatoms. The Morgan fingerprint density at radius 3 is 2.86 bits per heavy atom. The highest BCUT2D eigenvalue weighted by atomic mass is 32.1. The molecule has 0 unspecified atom stereocenters. The van der Waals surface area contributed by atoms with E-state index in [1.807, 2.05) is 13.0 Å². The van der Waals surface area contributed by atoms with Crippen LogP contribution in [0.4, 0.5) is 5.69 Å². The Kier molecular flexibility index (Phi) is 3.66. The highest BCUT2D eigenvalue weighted by Gasteiger charge is 2.41. The second-order valence-electron chi connectivity index (χ2n) is 6.28. The van der Waals surface area contributed by atoms with Crippen molar-refractivity contribution in [3.63, 3.8) is 0 Å². The molecule has 0 radical (unpaired) electrons. The molecule has 1 saturated carbocycles. The Bertz CT molecular complexity index is 685. The molecule has 0 spiro atoms. The second kappa shape index (κ2) is 5.34. The second-order valence-corrected chi connectivity index (χ2v) is 7.33. The summed E-state index contributed by atoms with van der Waals surface area (Å²) in [6, 6.07) is 6.15. The third-order valence-electron chi connectivity index (χ3n) is 4.45. The molecule has 1 amide bonds. The number of nitrogen functional groups attached to an aromatic ring is 1. The number of hydrogen-bond donors (Lipinski definition) is 2. The van der Waals surface area contributed by atoms with Gasteiger partial charge in [-0.2, -0.15) is 0 Å². The summed E-state index contributed by atoms with van der Waals surface area (Å²) < 4.78 is 1.08. The van der Waals surface area contributed by atoms with Crippen LogP contribution in [0.15, 0.2) is 18.2 Å². The minimum atomic E-state index is -0.0197. The number of aryl methyl sites for hydroxylation is 1. The van der Waals surface area contributed by atoms with Gasteiger partial charge in [0.05, 0.1) is 5.69 Å². The Hall–Kier alpha value is -1.55. The van der Waals surface area contributed by atoms with E-state index < -0.39 is 0 Å². The summed E-state index contributed by atoms with van der Waals surface area (Å²) in [7, 11) is 0. The predicted octanol–water partition coefficient (Wildman–Crippen LogP) is 4.10. The standard InChI is InChI=1S/C17H22N2OS/c1-3-6-17(7-8-17)10-19-16(20)15-14(18)12-9-11(2)4-5-13(12)21-15/h4-5,9H,3,6-8,10,18H2,1-2H3,(H,19,20). The average Bonchev–Trinajstić information content (AvgIpc) is 3.16. The van der Waals surface area contributed by atoms with Gasteiger partial charge in [-0.3, -0.25) is 4.79 Å². The predicted molar refractivity (Wildman–Crippen MR) is 89.9 cm³/mol. The highest BCUT2D eigenvalue weighted by molar-refractivity contribution is 7.21. The molecule has 3 rings (SSSR count). The van der Waals surface area contributed by atoms with Gasteiger partial charge in [0.25, 0.3) is 5.91 Å². The Labute approximate surface area is 129 Å². The fraction of sp³-hybridized carbons (Fsp3) is 0.471. The van der Waals surface area contributed by atoms with Crippen molar-refractivity contribution in [3.8, 4) is 0 Å². The lowest BCUT2D eigenvalue weighted by Gasteiger charge is -2.14. The first kappa shape index (κ1) is 14.4. The smallest absolute Gasteiger partial charge is 0.263 e. The molecular formula is C17H22N2OS. The van der Waals surface area contributed by atoms with Crippen molar-refractivity contribution in [2.75, 3.05) is 12.3 Å². The first-order valence-electron chi connectivity index (χ1n) is 7.61. The lowest BCUT2D eigenvalue weighted by molar-refractivity contribution is 0.0948. The molecule has 1 aliphatic rings. The number of amides is 1. The van der Waals surface area contributed by atoms with Gasteiger partial charge in [0.1, 0.15) is 4.88 Å². The number of nitrogens with two attached hydrogens (primary N) is 1. The van der Waals surface area contributed by atoms with Crippen LogP contribution in [0.1, 0.15) is 47.8 Å².